The van der Waals surface area contributed by atoms with Gasteiger partial charge in [-0.3, -0.25) is 14.5 Å². The quantitative estimate of drug-likeness (QED) is 0.375. The molecule has 2 heterocycles. The van der Waals surface area contributed by atoms with Crippen molar-refractivity contribution >= 4 is 46.2 Å². The minimum absolute atomic E-state index is 0.0987. The fourth-order valence-electron chi connectivity index (χ4n) is 2.83. The van der Waals surface area contributed by atoms with Gasteiger partial charge in [0.05, 0.1) is 18.3 Å². The lowest BCUT2D eigenvalue weighted by atomic mass is 10.2. The van der Waals surface area contributed by atoms with Crippen molar-refractivity contribution in [1.29, 1.82) is 0 Å². The molecule has 0 bridgehead atoms. The second-order valence-electron chi connectivity index (χ2n) is 6.33. The van der Waals surface area contributed by atoms with E-state index in [1.165, 1.54) is 16.7 Å². The molecule has 0 unspecified atom stereocenters. The number of para-hydroxylation sites is 1. The molecule has 2 aromatic rings. The first-order valence-corrected chi connectivity index (χ1v) is 10.4. The van der Waals surface area contributed by atoms with E-state index in [0.29, 0.717) is 21.5 Å². The van der Waals surface area contributed by atoms with Crippen molar-refractivity contribution in [1.82, 2.24) is 19.8 Å². The van der Waals surface area contributed by atoms with E-state index in [1.54, 1.807) is 25.7 Å². The number of carbonyl (C=O) groups excluding carboxylic acids is 2. The molecule has 0 radical (unpaired) electrons. The third kappa shape index (κ3) is 5.68. The normalized spacial score (nSPS) is 15.2. The van der Waals surface area contributed by atoms with Crippen LogP contribution in [-0.2, 0) is 16.1 Å². The summed E-state index contributed by atoms with van der Waals surface area (Å²) in [6.45, 7) is 1.63. The van der Waals surface area contributed by atoms with Gasteiger partial charge in [-0.15, -0.1) is 0 Å². The summed E-state index contributed by atoms with van der Waals surface area (Å²) in [4.78, 5) is 30.8. The monoisotopic (exact) mass is 430 g/mol. The Hall–Kier alpha value is -2.65. The van der Waals surface area contributed by atoms with Crippen LogP contribution < -0.4 is 10.1 Å². The van der Waals surface area contributed by atoms with Gasteiger partial charge in [0.15, 0.2) is 0 Å². The average molecular weight is 431 g/mol. The molecule has 0 atom stereocenters. The minimum Gasteiger partial charge on any atom is -0.496 e. The van der Waals surface area contributed by atoms with Crippen LogP contribution in [-0.4, -0.2) is 50.8 Å². The van der Waals surface area contributed by atoms with Crippen LogP contribution in [0.25, 0.3) is 6.08 Å². The molecule has 0 spiro atoms. The summed E-state index contributed by atoms with van der Waals surface area (Å²) >= 11 is 6.57. The molecule has 1 aromatic carbocycles. The largest absolute Gasteiger partial charge is 0.496 e. The fourth-order valence-corrected chi connectivity index (χ4v) is 4.13. The zero-order valence-corrected chi connectivity index (χ0v) is 17.7. The standard InChI is InChI=1S/C20H22N4O3S2/c1-27-16-6-3-2-5-15(16)13-17-19(26)24(20(28)29-17)11-7-18(25)22-8-4-10-23-12-9-21-14-23/h2-3,5-6,9,12-14H,4,7-8,10-11H2,1H3,(H,22,25). The number of imidazole rings is 1. The smallest absolute Gasteiger partial charge is 0.266 e. The van der Waals surface area contributed by atoms with Gasteiger partial charge in [-0.05, 0) is 18.6 Å². The van der Waals surface area contributed by atoms with Crippen molar-refractivity contribution in [3.05, 3.63) is 53.5 Å². The lowest BCUT2D eigenvalue weighted by molar-refractivity contribution is -0.123. The number of thioether (sulfide) groups is 1. The maximum atomic E-state index is 12.7. The number of benzene rings is 1. The SMILES string of the molecule is COc1ccccc1C=C1SC(=S)N(CCC(=O)NCCCn2ccnc2)C1=O. The molecule has 1 aromatic heterocycles. The van der Waals surface area contributed by atoms with Crippen LogP contribution in [0.1, 0.15) is 18.4 Å². The first-order valence-electron chi connectivity index (χ1n) is 9.19. The fraction of sp³-hybridized carbons (Fsp3) is 0.300. The molecule has 29 heavy (non-hydrogen) atoms. The van der Waals surface area contributed by atoms with E-state index < -0.39 is 0 Å². The maximum Gasteiger partial charge on any atom is 0.266 e. The minimum atomic E-state index is -0.182. The molecule has 1 saturated heterocycles. The van der Waals surface area contributed by atoms with Crippen LogP contribution in [0.15, 0.2) is 47.9 Å². The maximum absolute atomic E-state index is 12.7. The Morgan fingerprint density at radius 1 is 1.34 bits per heavy atom. The van der Waals surface area contributed by atoms with Gasteiger partial charge in [0.25, 0.3) is 5.91 Å². The topological polar surface area (TPSA) is 76.5 Å². The van der Waals surface area contributed by atoms with Gasteiger partial charge in [0.2, 0.25) is 5.91 Å². The van der Waals surface area contributed by atoms with Crippen molar-refractivity contribution in [3.63, 3.8) is 0 Å². The number of hydrogen-bond donors (Lipinski definition) is 1. The van der Waals surface area contributed by atoms with Crippen molar-refractivity contribution in [2.24, 2.45) is 0 Å². The van der Waals surface area contributed by atoms with Gasteiger partial charge in [-0.2, -0.15) is 0 Å². The predicted octanol–water partition coefficient (Wildman–Crippen LogP) is 2.69. The molecule has 1 N–H and O–H groups in total. The number of rotatable bonds is 9. The van der Waals surface area contributed by atoms with Gasteiger partial charge in [0, 0.05) is 44.0 Å². The van der Waals surface area contributed by atoms with Gasteiger partial charge in [-0.1, -0.05) is 42.2 Å². The molecule has 9 heteroatoms. The highest BCUT2D eigenvalue weighted by atomic mass is 32.2. The second-order valence-corrected chi connectivity index (χ2v) is 8.01. The van der Waals surface area contributed by atoms with Crippen molar-refractivity contribution in [2.75, 3.05) is 20.2 Å². The zero-order valence-electron chi connectivity index (χ0n) is 16.0. The molecule has 0 aliphatic carbocycles. The summed E-state index contributed by atoms with van der Waals surface area (Å²) in [5, 5.41) is 2.87. The van der Waals surface area contributed by atoms with Gasteiger partial charge >= 0.3 is 0 Å². The van der Waals surface area contributed by atoms with Crippen molar-refractivity contribution in [3.8, 4) is 5.75 Å². The van der Waals surface area contributed by atoms with E-state index in [-0.39, 0.29) is 24.8 Å². The number of aromatic nitrogens is 2. The number of nitrogens with zero attached hydrogens (tertiary/aromatic N) is 3. The molecule has 7 nitrogen and oxygen atoms in total. The summed E-state index contributed by atoms with van der Waals surface area (Å²) in [6, 6.07) is 7.47. The Morgan fingerprint density at radius 2 is 2.17 bits per heavy atom. The molecule has 1 aliphatic rings. The van der Waals surface area contributed by atoms with Crippen LogP contribution in [0.5, 0.6) is 5.75 Å². The van der Waals surface area contributed by atoms with E-state index in [9.17, 15) is 9.59 Å². The van der Waals surface area contributed by atoms with E-state index in [0.717, 1.165) is 18.5 Å². The number of nitrogens with one attached hydrogen (secondary N) is 1. The van der Waals surface area contributed by atoms with Crippen LogP contribution in [0.3, 0.4) is 0 Å². The number of hydrogen-bond acceptors (Lipinski definition) is 6. The zero-order chi connectivity index (χ0) is 20.6. The first kappa shape index (κ1) is 21.1. The summed E-state index contributed by atoms with van der Waals surface area (Å²) in [5.74, 6) is 0.407. The number of ether oxygens (including phenoxy) is 1. The number of aryl methyl sites for hydroxylation is 1. The number of amides is 2. The highest BCUT2D eigenvalue weighted by Crippen LogP contribution is 2.34. The van der Waals surface area contributed by atoms with Crippen molar-refractivity contribution in [2.45, 2.75) is 19.4 Å². The summed E-state index contributed by atoms with van der Waals surface area (Å²) in [6.07, 6.45) is 8.15. The molecule has 1 fully saturated rings. The molecule has 152 valence electrons. The molecule has 3 rings (SSSR count). The van der Waals surface area contributed by atoms with E-state index in [4.69, 9.17) is 17.0 Å². The number of thiocarbonyl (C=S) groups is 1. The van der Waals surface area contributed by atoms with Crippen LogP contribution >= 0.6 is 24.0 Å². The summed E-state index contributed by atoms with van der Waals surface area (Å²) in [5.41, 5.74) is 0.811. The Kier molecular flexibility index (Phi) is 7.42. The lowest BCUT2D eigenvalue weighted by Crippen LogP contribution is -2.34. The van der Waals surface area contributed by atoms with Gasteiger partial charge in [0.1, 0.15) is 10.1 Å². The lowest BCUT2D eigenvalue weighted by Gasteiger charge is -2.14. The predicted molar refractivity (Wildman–Crippen MR) is 117 cm³/mol. The number of methoxy groups -OCH3 is 1. The Bertz CT molecular complexity index is 912. The Balaban J connectivity index is 1.48. The van der Waals surface area contributed by atoms with E-state index >= 15 is 0 Å². The van der Waals surface area contributed by atoms with Gasteiger partial charge in [-0.25, -0.2) is 4.98 Å². The molecule has 0 saturated carbocycles. The number of carbonyl (C=O) groups is 2. The Morgan fingerprint density at radius 3 is 2.93 bits per heavy atom. The summed E-state index contributed by atoms with van der Waals surface area (Å²) < 4.78 is 7.75. The highest BCUT2D eigenvalue weighted by Gasteiger charge is 2.32. The van der Waals surface area contributed by atoms with Crippen LogP contribution in [0, 0.1) is 0 Å². The Labute approximate surface area is 179 Å². The van der Waals surface area contributed by atoms with Crippen molar-refractivity contribution < 1.29 is 14.3 Å². The molecule has 1 aliphatic heterocycles. The second kappa shape index (κ2) is 10.2. The molecular formula is C20H22N4O3S2. The first-order chi connectivity index (χ1) is 14.1. The molecule has 2 amide bonds. The van der Waals surface area contributed by atoms with Gasteiger partial charge < -0.3 is 14.6 Å². The van der Waals surface area contributed by atoms with Crippen LogP contribution in [0.2, 0.25) is 0 Å². The average Bonchev–Trinajstić information content (AvgIpc) is 3.33. The van der Waals surface area contributed by atoms with E-state index in [1.807, 2.05) is 35.0 Å². The van der Waals surface area contributed by atoms with Crippen LogP contribution in [0.4, 0.5) is 0 Å². The van der Waals surface area contributed by atoms with E-state index in [2.05, 4.69) is 10.3 Å². The summed E-state index contributed by atoms with van der Waals surface area (Å²) in [7, 11) is 1.59. The third-order valence-corrected chi connectivity index (χ3v) is 5.71. The molecular weight excluding hydrogens is 408 g/mol. The highest BCUT2D eigenvalue weighted by molar-refractivity contribution is 8.26. The third-order valence-electron chi connectivity index (χ3n) is 4.34.